The van der Waals surface area contributed by atoms with Gasteiger partial charge in [-0.05, 0) is 124 Å². The molecule has 4 heteroatoms. The first-order chi connectivity index (χ1) is 38.2. The zero-order chi connectivity index (χ0) is 55.4. The summed E-state index contributed by atoms with van der Waals surface area (Å²) in [6.07, 6.45) is 45.8. The van der Waals surface area contributed by atoms with Crippen molar-refractivity contribution < 1.29 is 9.47 Å². The van der Waals surface area contributed by atoms with Gasteiger partial charge in [-0.2, -0.15) is 0 Å². The van der Waals surface area contributed by atoms with Crippen molar-refractivity contribution >= 4 is 0 Å². The van der Waals surface area contributed by atoms with E-state index < -0.39 is 0 Å². The molecule has 2 heterocycles. The minimum Gasteiger partial charge on any atom is -0.348 e. The van der Waals surface area contributed by atoms with E-state index >= 15 is 0 Å². The summed E-state index contributed by atoms with van der Waals surface area (Å²) >= 11 is 0. The first-order valence-electron chi connectivity index (χ1n) is 32.5. The normalized spacial score (nSPS) is 19.8. The van der Waals surface area contributed by atoms with Crippen molar-refractivity contribution in [2.75, 3.05) is 13.2 Å². The maximum atomic E-state index is 5.87. The molecule has 1 aromatic heterocycles. The van der Waals surface area contributed by atoms with Gasteiger partial charge in [0, 0.05) is 29.4 Å². The predicted octanol–water partition coefficient (Wildman–Crippen LogP) is 23.0. The molecular weight excluding hydrogens is 961 g/mol. The quantitative estimate of drug-likeness (QED) is 0.0518. The number of aryl methyl sites for hydroxylation is 5. The van der Waals surface area contributed by atoms with Crippen LogP contribution in [0.5, 0.6) is 0 Å². The average molecular weight is 1080 g/mol. The highest BCUT2D eigenvalue weighted by Gasteiger charge is 2.30. The fraction of sp³-hybridized carbons (Fsp3) is 0.627. The molecule has 0 unspecified atom stereocenters. The van der Waals surface area contributed by atoms with Crippen LogP contribution in [-0.4, -0.2) is 23.2 Å². The Balaban J connectivity index is 0.000000226. The van der Waals surface area contributed by atoms with Gasteiger partial charge in [0.2, 0.25) is 0 Å². The minimum atomic E-state index is -0.160. The van der Waals surface area contributed by atoms with Crippen LogP contribution in [0.2, 0.25) is 0 Å². The van der Waals surface area contributed by atoms with E-state index in [0.29, 0.717) is 5.92 Å². The number of hydrogen-bond acceptors (Lipinski definition) is 4. The van der Waals surface area contributed by atoms with Gasteiger partial charge in [0.25, 0.3) is 0 Å². The monoisotopic (exact) mass is 1080 g/mol. The molecular formula is C75H116N2O2. The van der Waals surface area contributed by atoms with Crippen LogP contribution >= 0.6 is 0 Å². The van der Waals surface area contributed by atoms with Gasteiger partial charge in [0.1, 0.15) is 0 Å². The second kappa shape index (κ2) is 41.0. The van der Waals surface area contributed by atoms with E-state index in [4.69, 9.17) is 9.47 Å². The molecule has 0 bridgehead atoms. The number of aromatic nitrogens is 2. The van der Waals surface area contributed by atoms with Crippen LogP contribution in [0.25, 0.3) is 22.5 Å². The molecule has 5 aromatic rings. The molecule has 8 rings (SSSR count). The third kappa shape index (κ3) is 27.5. The summed E-state index contributed by atoms with van der Waals surface area (Å²) in [7, 11) is 0. The number of ether oxygens (including phenoxy) is 2. The average Bonchev–Trinajstić information content (AvgIpc) is 3.48. The van der Waals surface area contributed by atoms with Crippen molar-refractivity contribution in [3.05, 3.63) is 143 Å². The summed E-state index contributed by atoms with van der Waals surface area (Å²) in [5.41, 5.74) is 11.4. The maximum absolute atomic E-state index is 5.87. The number of hydrogen-bond donors (Lipinski definition) is 0. The largest absolute Gasteiger partial charge is 0.348 e. The van der Waals surface area contributed by atoms with Gasteiger partial charge in [-0.1, -0.05) is 291 Å². The van der Waals surface area contributed by atoms with E-state index in [1.807, 2.05) is 12.4 Å². The van der Waals surface area contributed by atoms with E-state index in [0.717, 1.165) is 60.3 Å². The Bertz CT molecular complexity index is 2190. The second-order valence-electron chi connectivity index (χ2n) is 24.4. The van der Waals surface area contributed by atoms with Crippen LogP contribution in [0.3, 0.4) is 0 Å². The highest BCUT2D eigenvalue weighted by atomic mass is 16.7. The number of unbranched alkanes of at least 4 members (excludes halogenated alkanes) is 14. The van der Waals surface area contributed by atoms with Crippen molar-refractivity contribution in [3.8, 4) is 22.5 Å². The van der Waals surface area contributed by atoms with Crippen LogP contribution in [0.15, 0.2) is 109 Å². The van der Waals surface area contributed by atoms with Crippen LogP contribution in [0, 0.1) is 50.4 Å². The summed E-state index contributed by atoms with van der Waals surface area (Å²) < 4.78 is 11.7. The van der Waals surface area contributed by atoms with E-state index in [2.05, 4.69) is 162 Å². The number of benzene rings is 4. The van der Waals surface area contributed by atoms with E-state index in [1.165, 1.54) is 187 Å². The highest BCUT2D eigenvalue weighted by Crippen LogP contribution is 2.42. The molecule has 438 valence electrons. The molecule has 0 radical (unpaired) electrons. The molecule has 0 N–H and O–H groups in total. The smallest absolute Gasteiger partial charge is 0.183 e. The first kappa shape index (κ1) is 67.4. The summed E-state index contributed by atoms with van der Waals surface area (Å²) in [6, 6.07) is 34.5. The Kier molecular flexibility index (Phi) is 34.9. The number of nitrogens with zero attached hydrogens (tertiary/aromatic N) is 2. The van der Waals surface area contributed by atoms with Gasteiger partial charge >= 0.3 is 0 Å². The summed E-state index contributed by atoms with van der Waals surface area (Å²) in [5.74, 6) is 5.73. The molecule has 3 fully saturated rings. The highest BCUT2D eigenvalue weighted by molar-refractivity contribution is 5.64. The van der Waals surface area contributed by atoms with Crippen molar-refractivity contribution in [2.45, 2.75) is 262 Å². The lowest BCUT2D eigenvalue weighted by Gasteiger charge is -2.37. The molecule has 4 aromatic carbocycles. The Morgan fingerprint density at radius 3 is 1.27 bits per heavy atom. The van der Waals surface area contributed by atoms with Gasteiger partial charge in [0.15, 0.2) is 12.1 Å². The van der Waals surface area contributed by atoms with Crippen LogP contribution in [0.4, 0.5) is 0 Å². The van der Waals surface area contributed by atoms with E-state index in [1.54, 1.807) is 38.5 Å². The lowest BCUT2D eigenvalue weighted by atomic mass is 9.69. The summed E-state index contributed by atoms with van der Waals surface area (Å²) in [6.45, 7) is 19.5. The van der Waals surface area contributed by atoms with Gasteiger partial charge in [-0.15, -0.1) is 0 Å². The third-order valence-electron chi connectivity index (χ3n) is 17.4. The molecule has 2 saturated carbocycles. The van der Waals surface area contributed by atoms with Crippen molar-refractivity contribution in [2.24, 2.45) is 29.6 Å². The van der Waals surface area contributed by atoms with Gasteiger partial charge < -0.3 is 9.47 Å². The summed E-state index contributed by atoms with van der Waals surface area (Å²) in [4.78, 5) is 8.97. The maximum Gasteiger partial charge on any atom is 0.183 e. The standard InChI is InChI=1S/C20H38.C18H24N2.C18H28O2.C18H22.CH4/c1-3-4-5-6-7-8-18-11-15-20(16-12-18)19-13-9-17(2)10-14-19;2*1-3-4-5-6-7-8-16-13-19-18(20-14-16)17-11-9-15(2)10-12-17;1-3-4-5-6-16-9-13-18(14-10-16)17-11-7-15(2)8-12-17;/h17-20H,3-16H2,1-2H3;9-14H,3-8H2,1-2H3;9-12,16,18H,3-8,13-14H2,1-2H3;7-14H,3-6H2,1-2H3;1H4. The number of rotatable bonds is 26. The fourth-order valence-electron chi connectivity index (χ4n) is 11.9. The minimum absolute atomic E-state index is 0. The van der Waals surface area contributed by atoms with Crippen LogP contribution in [0.1, 0.15) is 261 Å². The molecule has 3 aliphatic rings. The zero-order valence-corrected chi connectivity index (χ0v) is 51.2. The molecule has 1 saturated heterocycles. The molecule has 0 spiro atoms. The fourth-order valence-corrected chi connectivity index (χ4v) is 11.9. The van der Waals surface area contributed by atoms with Crippen molar-refractivity contribution in [3.63, 3.8) is 0 Å². The summed E-state index contributed by atoms with van der Waals surface area (Å²) in [5, 5.41) is 0. The second-order valence-corrected chi connectivity index (χ2v) is 24.4. The van der Waals surface area contributed by atoms with E-state index in [9.17, 15) is 0 Å². The Morgan fingerprint density at radius 2 is 0.772 bits per heavy atom. The van der Waals surface area contributed by atoms with Crippen molar-refractivity contribution in [1.29, 1.82) is 0 Å². The van der Waals surface area contributed by atoms with E-state index in [-0.39, 0.29) is 13.7 Å². The van der Waals surface area contributed by atoms with Crippen LogP contribution in [-0.2, 0) is 22.3 Å². The molecule has 2 aliphatic carbocycles. The Morgan fingerprint density at radius 1 is 0.392 bits per heavy atom. The van der Waals surface area contributed by atoms with Gasteiger partial charge in [-0.3, -0.25) is 0 Å². The van der Waals surface area contributed by atoms with Gasteiger partial charge in [-0.25, -0.2) is 9.97 Å². The van der Waals surface area contributed by atoms with Gasteiger partial charge in [0.05, 0.1) is 13.2 Å². The Labute approximate surface area is 486 Å². The molecule has 0 amide bonds. The van der Waals surface area contributed by atoms with Crippen LogP contribution < -0.4 is 0 Å². The van der Waals surface area contributed by atoms with Crippen molar-refractivity contribution in [1.82, 2.24) is 9.97 Å². The molecule has 0 atom stereocenters. The molecule has 1 aliphatic heterocycles. The zero-order valence-electron chi connectivity index (χ0n) is 51.2. The Hall–Kier alpha value is -4.12. The topological polar surface area (TPSA) is 44.2 Å². The lowest BCUT2D eigenvalue weighted by molar-refractivity contribution is -0.206. The predicted molar refractivity (Wildman–Crippen MR) is 344 cm³/mol. The SMILES string of the molecule is C.CCCCCCCC1CCC(C2CCC(C)CC2)CC1.CCCCCCCC1COC(c2ccc(C)cc2)OC1.CCCCCCCc1cnc(-c2ccc(C)cc2)nc1.CCCCCc1ccc(-c2ccc(C)cc2)cc1. The first-order valence-corrected chi connectivity index (χ1v) is 32.5. The third-order valence-corrected chi connectivity index (χ3v) is 17.4. The molecule has 4 nitrogen and oxygen atoms in total. The molecule has 79 heavy (non-hydrogen) atoms. The lowest BCUT2D eigenvalue weighted by Crippen LogP contribution is -2.27.